The number of hydrogen-bond acceptors (Lipinski definition) is 5. The Morgan fingerprint density at radius 2 is 2.24 bits per heavy atom. The zero-order chi connectivity index (χ0) is 14.7. The van der Waals surface area contributed by atoms with Crippen molar-refractivity contribution >= 4 is 29.3 Å². The second-order valence-corrected chi connectivity index (χ2v) is 5.27. The van der Waals surface area contributed by atoms with Crippen molar-refractivity contribution in [2.75, 3.05) is 6.61 Å². The number of hydrogen-bond donors (Lipinski definition) is 0. The summed E-state index contributed by atoms with van der Waals surface area (Å²) in [6.45, 7) is 2.53. The van der Waals surface area contributed by atoms with E-state index in [2.05, 4.69) is 4.99 Å². The highest BCUT2D eigenvalue weighted by atomic mass is 32.1. The van der Waals surface area contributed by atoms with Crippen LogP contribution in [0.25, 0.3) is 6.08 Å². The van der Waals surface area contributed by atoms with Crippen molar-refractivity contribution in [2.24, 2.45) is 4.99 Å². The lowest BCUT2D eigenvalue weighted by Gasteiger charge is -2.03. The van der Waals surface area contributed by atoms with E-state index < -0.39 is 5.97 Å². The molecule has 21 heavy (non-hydrogen) atoms. The topological polar surface area (TPSA) is 47.9 Å². The van der Waals surface area contributed by atoms with Gasteiger partial charge in [0.15, 0.2) is 5.70 Å². The summed E-state index contributed by atoms with van der Waals surface area (Å²) in [4.78, 5) is 17.0. The Balaban J connectivity index is 1.89. The minimum Gasteiger partial charge on any atom is -0.494 e. The third-order valence-electron chi connectivity index (χ3n) is 2.82. The van der Waals surface area contributed by atoms with Gasteiger partial charge in [-0.1, -0.05) is 18.2 Å². The first-order valence-electron chi connectivity index (χ1n) is 6.55. The molecule has 1 aromatic heterocycles. The van der Waals surface area contributed by atoms with Crippen LogP contribution < -0.4 is 4.74 Å². The minimum atomic E-state index is -0.430. The molecule has 0 N–H and O–H groups in total. The van der Waals surface area contributed by atoms with Gasteiger partial charge in [-0.05, 0) is 42.1 Å². The number of cyclic esters (lactones) is 1. The third kappa shape index (κ3) is 3.03. The molecule has 0 bridgehead atoms. The van der Waals surface area contributed by atoms with Crippen molar-refractivity contribution in [1.82, 2.24) is 0 Å². The Morgan fingerprint density at radius 1 is 1.33 bits per heavy atom. The van der Waals surface area contributed by atoms with Gasteiger partial charge in [0, 0.05) is 0 Å². The molecule has 0 radical (unpaired) electrons. The molecule has 5 heteroatoms. The standard InChI is InChI=1S/C16H13NO3S/c1-2-19-12-6-3-5-11(9-12)10-13-16(18)20-15(17-13)14-7-4-8-21-14/h3-10H,2H2,1H3/b13-10-. The van der Waals surface area contributed by atoms with Gasteiger partial charge in [0.25, 0.3) is 0 Å². The lowest BCUT2D eigenvalue weighted by molar-refractivity contribution is -0.129. The maximum absolute atomic E-state index is 11.9. The molecular formula is C16H13NO3S. The molecule has 2 aromatic rings. The van der Waals surface area contributed by atoms with Crippen LogP contribution in [-0.4, -0.2) is 18.5 Å². The Kier molecular flexibility index (Phi) is 3.83. The maximum atomic E-state index is 11.9. The van der Waals surface area contributed by atoms with Crippen molar-refractivity contribution < 1.29 is 14.3 Å². The van der Waals surface area contributed by atoms with E-state index in [1.165, 1.54) is 11.3 Å². The van der Waals surface area contributed by atoms with E-state index in [9.17, 15) is 4.79 Å². The smallest absolute Gasteiger partial charge is 0.363 e. The highest BCUT2D eigenvalue weighted by Gasteiger charge is 2.24. The molecule has 0 saturated heterocycles. The number of carbonyl (C=O) groups is 1. The first-order chi connectivity index (χ1) is 10.3. The number of nitrogens with zero attached hydrogens (tertiary/aromatic N) is 1. The Hall–Kier alpha value is -2.40. The van der Waals surface area contributed by atoms with Crippen molar-refractivity contribution in [2.45, 2.75) is 6.92 Å². The van der Waals surface area contributed by atoms with Gasteiger partial charge in [-0.25, -0.2) is 9.79 Å². The summed E-state index contributed by atoms with van der Waals surface area (Å²) in [5.74, 6) is 0.697. The van der Waals surface area contributed by atoms with E-state index in [4.69, 9.17) is 9.47 Å². The van der Waals surface area contributed by atoms with Gasteiger partial charge in [0.05, 0.1) is 11.5 Å². The second-order valence-electron chi connectivity index (χ2n) is 4.32. The monoisotopic (exact) mass is 299 g/mol. The molecule has 0 atom stereocenters. The lowest BCUT2D eigenvalue weighted by Crippen LogP contribution is -2.03. The summed E-state index contributed by atoms with van der Waals surface area (Å²) in [6, 6.07) is 11.3. The molecule has 4 nitrogen and oxygen atoms in total. The van der Waals surface area contributed by atoms with Crippen LogP contribution in [0.5, 0.6) is 5.75 Å². The summed E-state index contributed by atoms with van der Waals surface area (Å²) in [7, 11) is 0. The number of aliphatic imine (C=N–C) groups is 1. The molecular weight excluding hydrogens is 286 g/mol. The highest BCUT2D eigenvalue weighted by Crippen LogP contribution is 2.22. The molecule has 106 valence electrons. The fourth-order valence-electron chi connectivity index (χ4n) is 1.93. The van der Waals surface area contributed by atoms with Gasteiger partial charge >= 0.3 is 5.97 Å². The maximum Gasteiger partial charge on any atom is 0.363 e. The summed E-state index contributed by atoms with van der Waals surface area (Å²) in [5.41, 5.74) is 1.15. The fourth-order valence-corrected chi connectivity index (χ4v) is 2.58. The number of carbonyl (C=O) groups excluding carboxylic acids is 1. The van der Waals surface area contributed by atoms with E-state index in [-0.39, 0.29) is 0 Å². The molecule has 2 heterocycles. The predicted molar refractivity (Wildman–Crippen MR) is 82.5 cm³/mol. The molecule has 1 aromatic carbocycles. The third-order valence-corrected chi connectivity index (χ3v) is 3.68. The first-order valence-corrected chi connectivity index (χ1v) is 7.43. The molecule has 0 amide bonds. The quantitative estimate of drug-likeness (QED) is 0.641. The molecule has 1 aliphatic heterocycles. The highest BCUT2D eigenvalue weighted by molar-refractivity contribution is 7.12. The van der Waals surface area contributed by atoms with Crippen LogP contribution >= 0.6 is 11.3 Å². The van der Waals surface area contributed by atoms with Crippen LogP contribution in [0.15, 0.2) is 52.5 Å². The number of benzene rings is 1. The fraction of sp³-hybridized carbons (Fsp3) is 0.125. The minimum absolute atomic E-state index is 0.298. The van der Waals surface area contributed by atoms with Crippen LogP contribution in [0.3, 0.4) is 0 Å². The van der Waals surface area contributed by atoms with E-state index in [0.29, 0.717) is 18.2 Å². The Bertz CT molecular complexity index is 717. The van der Waals surface area contributed by atoms with Crippen LogP contribution in [0.2, 0.25) is 0 Å². The van der Waals surface area contributed by atoms with Crippen LogP contribution in [0.4, 0.5) is 0 Å². The summed E-state index contributed by atoms with van der Waals surface area (Å²) in [5, 5.41) is 1.92. The number of ether oxygens (including phenoxy) is 2. The summed E-state index contributed by atoms with van der Waals surface area (Å²) in [6.07, 6.45) is 1.70. The van der Waals surface area contributed by atoms with Crippen molar-refractivity contribution in [3.05, 3.63) is 57.9 Å². The summed E-state index contributed by atoms with van der Waals surface area (Å²) >= 11 is 1.48. The SMILES string of the molecule is CCOc1cccc(/C=C2\N=C(c3cccs3)OC2=O)c1. The predicted octanol–water partition coefficient (Wildman–Crippen LogP) is 3.49. The van der Waals surface area contributed by atoms with E-state index in [1.54, 1.807) is 6.08 Å². The van der Waals surface area contributed by atoms with Gasteiger partial charge in [0.1, 0.15) is 5.75 Å². The van der Waals surface area contributed by atoms with Crippen molar-refractivity contribution in [3.63, 3.8) is 0 Å². The average Bonchev–Trinajstić information content (AvgIpc) is 3.10. The number of rotatable bonds is 4. The zero-order valence-electron chi connectivity index (χ0n) is 11.4. The Morgan fingerprint density at radius 3 is 3.00 bits per heavy atom. The van der Waals surface area contributed by atoms with E-state index >= 15 is 0 Å². The molecule has 0 unspecified atom stereocenters. The number of esters is 1. The second kappa shape index (κ2) is 5.93. The Labute approximate surface area is 126 Å². The van der Waals surface area contributed by atoms with Gasteiger partial charge in [-0.2, -0.15) is 0 Å². The number of thiophene rings is 1. The lowest BCUT2D eigenvalue weighted by atomic mass is 10.2. The van der Waals surface area contributed by atoms with Crippen molar-refractivity contribution in [3.8, 4) is 5.75 Å². The van der Waals surface area contributed by atoms with E-state index in [0.717, 1.165) is 16.2 Å². The van der Waals surface area contributed by atoms with Crippen LogP contribution in [0.1, 0.15) is 17.4 Å². The van der Waals surface area contributed by atoms with E-state index in [1.807, 2.05) is 48.7 Å². The van der Waals surface area contributed by atoms with Gasteiger partial charge < -0.3 is 9.47 Å². The largest absolute Gasteiger partial charge is 0.494 e. The van der Waals surface area contributed by atoms with Crippen molar-refractivity contribution in [1.29, 1.82) is 0 Å². The first kappa shape index (κ1) is 13.6. The zero-order valence-corrected chi connectivity index (χ0v) is 12.2. The van der Waals surface area contributed by atoms with Gasteiger partial charge in [-0.3, -0.25) is 0 Å². The molecule has 0 fully saturated rings. The van der Waals surface area contributed by atoms with Crippen LogP contribution in [-0.2, 0) is 9.53 Å². The molecule has 0 saturated carbocycles. The normalized spacial score (nSPS) is 16.0. The van der Waals surface area contributed by atoms with Gasteiger partial charge in [-0.15, -0.1) is 11.3 Å². The van der Waals surface area contributed by atoms with Gasteiger partial charge in [0.2, 0.25) is 5.90 Å². The molecule has 3 rings (SSSR count). The van der Waals surface area contributed by atoms with Crippen LogP contribution in [0, 0.1) is 0 Å². The summed E-state index contributed by atoms with van der Waals surface area (Å²) < 4.78 is 10.6. The average molecular weight is 299 g/mol. The molecule has 0 aliphatic carbocycles. The molecule has 0 spiro atoms. The molecule has 1 aliphatic rings.